The van der Waals surface area contributed by atoms with Crippen molar-refractivity contribution in [1.82, 2.24) is 14.9 Å². The number of aliphatic hydroxyl groups is 1. The van der Waals surface area contributed by atoms with Gasteiger partial charge in [0.15, 0.2) is 0 Å². The predicted molar refractivity (Wildman–Crippen MR) is 104 cm³/mol. The Morgan fingerprint density at radius 3 is 2.73 bits per heavy atom. The number of nitrogens with zero attached hydrogens (tertiary/aromatic N) is 2. The molecule has 0 aliphatic rings. The van der Waals surface area contributed by atoms with E-state index in [9.17, 15) is 9.90 Å². The molecular formula is C20H22ClN3O2. The summed E-state index contributed by atoms with van der Waals surface area (Å²) in [6.45, 7) is 3.80. The van der Waals surface area contributed by atoms with Crippen molar-refractivity contribution in [1.29, 1.82) is 0 Å². The van der Waals surface area contributed by atoms with Gasteiger partial charge in [-0.15, -0.1) is 0 Å². The number of halogens is 1. The summed E-state index contributed by atoms with van der Waals surface area (Å²) >= 11 is 6.02. The quantitative estimate of drug-likeness (QED) is 0.666. The lowest BCUT2D eigenvalue weighted by Gasteiger charge is -2.24. The van der Waals surface area contributed by atoms with Crippen LogP contribution >= 0.6 is 11.6 Å². The second kappa shape index (κ2) is 8.45. The number of nitrogens with one attached hydrogen (secondary N) is 1. The Bertz CT molecular complexity index is 927. The van der Waals surface area contributed by atoms with E-state index in [0.717, 1.165) is 18.5 Å². The number of hydrogen-bond acceptors (Lipinski definition) is 4. The second-order valence-electron chi connectivity index (χ2n) is 6.34. The molecule has 2 N–H and O–H groups in total. The van der Waals surface area contributed by atoms with E-state index in [1.165, 1.54) is 0 Å². The number of hydrogen-bond donors (Lipinski definition) is 2. The number of H-pyrrole nitrogens is 1. The standard InChI is InChI=1S/C20H22ClN3O2/c1-2-10-24(12-18(25)14-6-4-3-5-7-14)13-19-22-17-11-15(21)8-9-16(17)20(26)23-19/h3-9,11,18,25H,2,10,12-13H2,1H3,(H,22,23,26)/t18-/m1/s1. The van der Waals surface area contributed by atoms with Gasteiger partial charge in [-0.05, 0) is 36.7 Å². The summed E-state index contributed by atoms with van der Waals surface area (Å²) < 4.78 is 0. The summed E-state index contributed by atoms with van der Waals surface area (Å²) in [5.74, 6) is 0.568. The minimum atomic E-state index is -0.593. The summed E-state index contributed by atoms with van der Waals surface area (Å²) in [5.41, 5.74) is 1.28. The molecule has 6 heteroatoms. The maximum Gasteiger partial charge on any atom is 0.258 e. The first-order valence-corrected chi connectivity index (χ1v) is 9.08. The number of aliphatic hydroxyl groups excluding tert-OH is 1. The van der Waals surface area contributed by atoms with Gasteiger partial charge in [-0.1, -0.05) is 48.9 Å². The Morgan fingerprint density at radius 1 is 1.23 bits per heavy atom. The van der Waals surface area contributed by atoms with Crippen LogP contribution in [0.3, 0.4) is 0 Å². The fourth-order valence-electron chi connectivity index (χ4n) is 3.02. The van der Waals surface area contributed by atoms with Crippen LogP contribution in [0, 0.1) is 0 Å². The van der Waals surface area contributed by atoms with Crippen LogP contribution in [0.5, 0.6) is 0 Å². The molecule has 0 fully saturated rings. The van der Waals surface area contributed by atoms with E-state index in [-0.39, 0.29) is 5.56 Å². The summed E-state index contributed by atoms with van der Waals surface area (Å²) in [6, 6.07) is 14.6. The molecule has 0 spiro atoms. The van der Waals surface area contributed by atoms with E-state index < -0.39 is 6.10 Å². The van der Waals surface area contributed by atoms with Crippen LogP contribution < -0.4 is 5.56 Å². The van der Waals surface area contributed by atoms with Crippen LogP contribution in [0.4, 0.5) is 0 Å². The first kappa shape index (κ1) is 18.6. The van der Waals surface area contributed by atoms with E-state index in [1.54, 1.807) is 18.2 Å². The zero-order chi connectivity index (χ0) is 18.5. The molecular weight excluding hydrogens is 350 g/mol. The third-order valence-electron chi connectivity index (χ3n) is 4.25. The highest BCUT2D eigenvalue weighted by atomic mass is 35.5. The molecule has 0 radical (unpaired) electrons. The molecule has 0 saturated carbocycles. The number of aromatic nitrogens is 2. The summed E-state index contributed by atoms with van der Waals surface area (Å²) in [4.78, 5) is 21.8. The van der Waals surface area contributed by atoms with Gasteiger partial charge in [-0.2, -0.15) is 0 Å². The van der Waals surface area contributed by atoms with Crippen LogP contribution in [0.2, 0.25) is 5.02 Å². The third-order valence-corrected chi connectivity index (χ3v) is 4.48. The topological polar surface area (TPSA) is 69.2 Å². The molecule has 0 saturated heterocycles. The Labute approximate surface area is 157 Å². The molecule has 0 bridgehead atoms. The van der Waals surface area contributed by atoms with Crippen molar-refractivity contribution in [2.75, 3.05) is 13.1 Å². The summed E-state index contributed by atoms with van der Waals surface area (Å²) in [7, 11) is 0. The SMILES string of the molecule is CCCN(Cc1nc2cc(Cl)ccc2c(=O)[nH]1)C[C@@H](O)c1ccccc1. The lowest BCUT2D eigenvalue weighted by Crippen LogP contribution is -2.30. The highest BCUT2D eigenvalue weighted by Gasteiger charge is 2.15. The largest absolute Gasteiger partial charge is 0.387 e. The molecule has 0 aliphatic carbocycles. The van der Waals surface area contributed by atoms with E-state index in [2.05, 4.69) is 21.8 Å². The maximum atomic E-state index is 12.3. The smallest absolute Gasteiger partial charge is 0.258 e. The van der Waals surface area contributed by atoms with Gasteiger partial charge in [0.1, 0.15) is 5.82 Å². The summed E-state index contributed by atoms with van der Waals surface area (Å²) in [5, 5.41) is 11.6. The van der Waals surface area contributed by atoms with Gasteiger partial charge in [0.25, 0.3) is 5.56 Å². The van der Waals surface area contributed by atoms with Crippen molar-refractivity contribution >= 4 is 22.5 Å². The maximum absolute atomic E-state index is 12.3. The zero-order valence-corrected chi connectivity index (χ0v) is 15.4. The van der Waals surface area contributed by atoms with Gasteiger partial charge < -0.3 is 10.1 Å². The van der Waals surface area contributed by atoms with Crippen molar-refractivity contribution in [2.45, 2.75) is 26.0 Å². The molecule has 1 atom stereocenters. The molecule has 3 aromatic rings. The lowest BCUT2D eigenvalue weighted by molar-refractivity contribution is 0.107. The van der Waals surface area contributed by atoms with Crippen LogP contribution in [0.25, 0.3) is 10.9 Å². The van der Waals surface area contributed by atoms with Crippen LogP contribution in [-0.4, -0.2) is 33.1 Å². The van der Waals surface area contributed by atoms with Crippen molar-refractivity contribution in [3.05, 3.63) is 75.3 Å². The molecule has 1 heterocycles. The molecule has 136 valence electrons. The van der Waals surface area contributed by atoms with Gasteiger partial charge in [0.2, 0.25) is 0 Å². The highest BCUT2D eigenvalue weighted by molar-refractivity contribution is 6.31. The fraction of sp³-hybridized carbons (Fsp3) is 0.300. The number of benzene rings is 2. The zero-order valence-electron chi connectivity index (χ0n) is 14.7. The van der Waals surface area contributed by atoms with E-state index >= 15 is 0 Å². The molecule has 2 aromatic carbocycles. The van der Waals surface area contributed by atoms with Gasteiger partial charge in [0, 0.05) is 11.6 Å². The van der Waals surface area contributed by atoms with E-state index in [4.69, 9.17) is 11.6 Å². The van der Waals surface area contributed by atoms with Crippen LogP contribution in [0.1, 0.15) is 30.8 Å². The monoisotopic (exact) mass is 371 g/mol. The van der Waals surface area contributed by atoms with Gasteiger partial charge in [-0.3, -0.25) is 9.69 Å². The number of rotatable bonds is 7. The lowest BCUT2D eigenvalue weighted by atomic mass is 10.1. The average Bonchev–Trinajstić information content (AvgIpc) is 2.62. The molecule has 0 unspecified atom stereocenters. The predicted octanol–water partition coefficient (Wildman–Crippen LogP) is 3.52. The summed E-state index contributed by atoms with van der Waals surface area (Å²) in [6.07, 6.45) is 0.342. The van der Waals surface area contributed by atoms with Crippen molar-refractivity contribution in [3.63, 3.8) is 0 Å². The Morgan fingerprint density at radius 2 is 2.00 bits per heavy atom. The molecule has 5 nitrogen and oxygen atoms in total. The van der Waals surface area contributed by atoms with Crippen LogP contribution in [-0.2, 0) is 6.54 Å². The van der Waals surface area contributed by atoms with Crippen LogP contribution in [0.15, 0.2) is 53.3 Å². The highest BCUT2D eigenvalue weighted by Crippen LogP contribution is 2.17. The minimum absolute atomic E-state index is 0.179. The average molecular weight is 372 g/mol. The second-order valence-corrected chi connectivity index (χ2v) is 6.77. The number of fused-ring (bicyclic) bond motifs is 1. The van der Waals surface area contributed by atoms with E-state index in [0.29, 0.717) is 34.8 Å². The molecule has 0 aliphatic heterocycles. The first-order valence-electron chi connectivity index (χ1n) is 8.70. The van der Waals surface area contributed by atoms with Crippen molar-refractivity contribution in [3.8, 4) is 0 Å². The molecule has 26 heavy (non-hydrogen) atoms. The van der Waals surface area contributed by atoms with Crippen molar-refractivity contribution in [2.24, 2.45) is 0 Å². The van der Waals surface area contributed by atoms with Gasteiger partial charge in [0.05, 0.1) is 23.6 Å². The molecule has 0 amide bonds. The fourth-order valence-corrected chi connectivity index (χ4v) is 3.19. The Balaban J connectivity index is 1.81. The Kier molecular flexibility index (Phi) is 6.04. The Hall–Kier alpha value is -2.21. The van der Waals surface area contributed by atoms with Gasteiger partial charge >= 0.3 is 0 Å². The first-order chi connectivity index (χ1) is 12.6. The normalized spacial score (nSPS) is 12.6. The minimum Gasteiger partial charge on any atom is -0.387 e. The molecule has 1 aromatic heterocycles. The van der Waals surface area contributed by atoms with Crippen molar-refractivity contribution < 1.29 is 5.11 Å². The molecule has 3 rings (SSSR count). The number of aromatic amines is 1. The third kappa shape index (κ3) is 4.49. The van der Waals surface area contributed by atoms with Gasteiger partial charge in [-0.25, -0.2) is 4.98 Å². The van der Waals surface area contributed by atoms with E-state index in [1.807, 2.05) is 30.3 Å².